The number of ether oxygens (including phenoxy) is 2. The molecule has 0 bridgehead atoms. The molecule has 37 heavy (non-hydrogen) atoms. The Morgan fingerprint density at radius 1 is 1.03 bits per heavy atom. The van der Waals surface area contributed by atoms with E-state index in [0.717, 1.165) is 24.0 Å². The number of rotatable bonds is 10. The number of benzene rings is 3. The van der Waals surface area contributed by atoms with E-state index in [9.17, 15) is 14.3 Å². The highest BCUT2D eigenvalue weighted by atomic mass is 19.1. The van der Waals surface area contributed by atoms with Crippen LogP contribution in [0, 0.1) is 17.2 Å². The number of methoxy groups -OCH3 is 1. The van der Waals surface area contributed by atoms with Crippen LogP contribution in [-0.2, 0) is 11.4 Å². The minimum Gasteiger partial charge on any atom is -0.497 e. The topological polar surface area (TPSA) is 55.8 Å². The zero-order valence-electron chi connectivity index (χ0n) is 21.8. The van der Waals surface area contributed by atoms with E-state index >= 15 is 4.39 Å². The molecule has 4 nitrogen and oxygen atoms in total. The lowest BCUT2D eigenvalue weighted by atomic mass is 9.82. The van der Waals surface area contributed by atoms with Gasteiger partial charge in [0.05, 0.1) is 13.5 Å². The second-order valence-electron chi connectivity index (χ2n) is 10.9. The molecule has 0 unspecified atom stereocenters. The molecule has 6 heteroatoms. The van der Waals surface area contributed by atoms with Crippen molar-refractivity contribution in [3.63, 3.8) is 0 Å². The zero-order chi connectivity index (χ0) is 26.7. The molecule has 2 atom stereocenters. The van der Waals surface area contributed by atoms with Crippen molar-refractivity contribution in [2.75, 3.05) is 7.11 Å². The van der Waals surface area contributed by atoms with Crippen LogP contribution in [0.15, 0.2) is 60.7 Å². The van der Waals surface area contributed by atoms with Gasteiger partial charge in [-0.25, -0.2) is 8.78 Å². The molecule has 1 aliphatic rings. The van der Waals surface area contributed by atoms with Gasteiger partial charge in [0.25, 0.3) is 0 Å². The molecule has 0 saturated heterocycles. The Balaban J connectivity index is 1.61. The first-order valence-electron chi connectivity index (χ1n) is 12.6. The summed E-state index contributed by atoms with van der Waals surface area (Å²) in [6, 6.07) is 17.3. The quantitative estimate of drug-likeness (QED) is 0.301. The average molecular weight is 509 g/mol. The Morgan fingerprint density at radius 3 is 2.43 bits per heavy atom. The smallest absolute Gasteiger partial charge is 0.303 e. The summed E-state index contributed by atoms with van der Waals surface area (Å²) in [5, 5.41) is 9.33. The van der Waals surface area contributed by atoms with Gasteiger partial charge in [0.1, 0.15) is 30.1 Å². The molecule has 1 N–H and O–H groups in total. The van der Waals surface area contributed by atoms with Gasteiger partial charge in [-0.05, 0) is 88.7 Å². The van der Waals surface area contributed by atoms with E-state index in [1.54, 1.807) is 18.2 Å². The first-order chi connectivity index (χ1) is 17.6. The molecule has 0 spiro atoms. The summed E-state index contributed by atoms with van der Waals surface area (Å²) in [5.74, 6) is 0.249. The predicted octanol–water partition coefficient (Wildman–Crippen LogP) is 8.11. The lowest BCUT2D eigenvalue weighted by Gasteiger charge is -2.27. The normalized spacial score (nSPS) is 15.2. The number of carbonyl (C=O) groups is 1. The molecule has 0 aliphatic heterocycles. The predicted molar refractivity (Wildman–Crippen MR) is 140 cm³/mol. The van der Waals surface area contributed by atoms with Crippen LogP contribution in [0.3, 0.4) is 0 Å². The van der Waals surface area contributed by atoms with Gasteiger partial charge in [0, 0.05) is 5.56 Å². The van der Waals surface area contributed by atoms with Gasteiger partial charge in [-0.15, -0.1) is 0 Å². The van der Waals surface area contributed by atoms with Gasteiger partial charge < -0.3 is 14.6 Å². The van der Waals surface area contributed by atoms with E-state index in [2.05, 4.69) is 0 Å². The molecule has 3 aromatic rings. The van der Waals surface area contributed by atoms with Crippen LogP contribution in [0.25, 0.3) is 11.1 Å². The summed E-state index contributed by atoms with van der Waals surface area (Å²) in [6.07, 6.45) is 0.852. The second-order valence-corrected chi connectivity index (χ2v) is 10.9. The van der Waals surface area contributed by atoms with Gasteiger partial charge in [-0.1, -0.05) is 45.0 Å². The van der Waals surface area contributed by atoms with Crippen molar-refractivity contribution >= 4 is 5.97 Å². The van der Waals surface area contributed by atoms with Crippen LogP contribution in [0.5, 0.6) is 11.5 Å². The Morgan fingerprint density at radius 2 is 1.78 bits per heavy atom. The number of hydrogen-bond donors (Lipinski definition) is 1. The van der Waals surface area contributed by atoms with Crippen molar-refractivity contribution in [1.29, 1.82) is 0 Å². The van der Waals surface area contributed by atoms with Crippen LogP contribution in [0.4, 0.5) is 8.78 Å². The largest absolute Gasteiger partial charge is 0.497 e. The number of halogens is 2. The third kappa shape index (κ3) is 6.48. The van der Waals surface area contributed by atoms with Crippen molar-refractivity contribution in [2.45, 2.75) is 58.7 Å². The maximum atomic E-state index is 15.7. The summed E-state index contributed by atoms with van der Waals surface area (Å²) in [5.41, 5.74) is 2.17. The molecule has 0 radical (unpaired) electrons. The van der Waals surface area contributed by atoms with Crippen LogP contribution in [0.2, 0.25) is 0 Å². The third-order valence-electron chi connectivity index (χ3n) is 6.89. The third-order valence-corrected chi connectivity index (χ3v) is 6.89. The molecule has 1 aliphatic carbocycles. The maximum absolute atomic E-state index is 15.7. The molecular formula is C31H34F2O4. The van der Waals surface area contributed by atoms with Crippen LogP contribution in [-0.4, -0.2) is 18.2 Å². The van der Waals surface area contributed by atoms with Gasteiger partial charge in [0.2, 0.25) is 0 Å². The Hall–Kier alpha value is -3.41. The van der Waals surface area contributed by atoms with E-state index in [4.69, 9.17) is 9.47 Å². The Bertz CT molecular complexity index is 1260. The molecule has 3 aromatic carbocycles. The summed E-state index contributed by atoms with van der Waals surface area (Å²) in [4.78, 5) is 11.4. The summed E-state index contributed by atoms with van der Waals surface area (Å²) >= 11 is 0. The van der Waals surface area contributed by atoms with Crippen LogP contribution >= 0.6 is 0 Å². The van der Waals surface area contributed by atoms with Crippen LogP contribution in [0.1, 0.15) is 68.8 Å². The van der Waals surface area contributed by atoms with Gasteiger partial charge in [-0.2, -0.15) is 0 Å². The minimum absolute atomic E-state index is 0.0243. The van der Waals surface area contributed by atoms with E-state index < -0.39 is 23.4 Å². The Labute approximate surface area is 217 Å². The Kier molecular flexibility index (Phi) is 7.86. The monoisotopic (exact) mass is 508 g/mol. The number of carboxylic acid groups (broad SMARTS) is 1. The molecule has 1 saturated carbocycles. The van der Waals surface area contributed by atoms with Crippen molar-refractivity contribution in [3.05, 3.63) is 83.2 Å². The molecule has 0 aromatic heterocycles. The number of aliphatic carboxylic acids is 1. The number of alkyl halides is 1. The second kappa shape index (κ2) is 10.9. The van der Waals surface area contributed by atoms with E-state index in [1.807, 2.05) is 51.1 Å². The van der Waals surface area contributed by atoms with Crippen molar-refractivity contribution in [2.24, 2.45) is 11.3 Å². The number of carboxylic acids is 1. The molecule has 4 rings (SSSR count). The molecule has 0 amide bonds. The molecule has 196 valence electrons. The minimum atomic E-state index is -1.34. The standard InChI is InChI=1S/C31H34F2O4/c1-31(2,3)30(33)27-14-19(8-12-24(27)26-16-22(36-4)11-13-28(26)32)18-37-23-7-5-6-21(15-23)25(17-29(34)35)20-9-10-20/h5-8,11-16,20,25,30H,9-10,17-18H2,1-4H3,(H,34,35)/t25-,30+/m1/s1. The average Bonchev–Trinajstić information content (AvgIpc) is 3.71. The first-order valence-corrected chi connectivity index (χ1v) is 12.6. The molecule has 1 fully saturated rings. The van der Waals surface area contributed by atoms with Gasteiger partial charge in [-0.3, -0.25) is 4.79 Å². The summed E-state index contributed by atoms with van der Waals surface area (Å²) in [6.45, 7) is 5.63. The van der Waals surface area contributed by atoms with Crippen molar-refractivity contribution < 1.29 is 28.2 Å². The van der Waals surface area contributed by atoms with E-state index in [1.165, 1.54) is 19.2 Å². The first kappa shape index (κ1) is 26.6. The fourth-order valence-corrected chi connectivity index (χ4v) is 4.71. The lowest BCUT2D eigenvalue weighted by molar-refractivity contribution is -0.137. The van der Waals surface area contributed by atoms with Gasteiger partial charge >= 0.3 is 5.97 Å². The number of hydrogen-bond acceptors (Lipinski definition) is 3. The van der Waals surface area contributed by atoms with Crippen LogP contribution < -0.4 is 9.47 Å². The zero-order valence-corrected chi connectivity index (χ0v) is 21.8. The van der Waals surface area contributed by atoms with Crippen molar-refractivity contribution in [3.8, 4) is 22.6 Å². The highest BCUT2D eigenvalue weighted by Gasteiger charge is 2.34. The fourth-order valence-electron chi connectivity index (χ4n) is 4.71. The maximum Gasteiger partial charge on any atom is 0.303 e. The van der Waals surface area contributed by atoms with E-state index in [-0.39, 0.29) is 24.5 Å². The highest BCUT2D eigenvalue weighted by Crippen LogP contribution is 2.45. The SMILES string of the molecule is COc1ccc(F)c(-c2ccc(COc3cccc([C@H](CC(=O)O)C4CC4)c3)cc2[C@H](F)C(C)(C)C)c1. The summed E-state index contributed by atoms with van der Waals surface area (Å²) in [7, 11) is 1.51. The van der Waals surface area contributed by atoms with E-state index in [0.29, 0.717) is 28.5 Å². The molecular weight excluding hydrogens is 474 g/mol. The lowest BCUT2D eigenvalue weighted by Crippen LogP contribution is -2.15. The van der Waals surface area contributed by atoms with Crippen molar-refractivity contribution in [1.82, 2.24) is 0 Å². The molecule has 0 heterocycles. The van der Waals surface area contributed by atoms with Gasteiger partial charge in [0.15, 0.2) is 0 Å². The summed E-state index contributed by atoms with van der Waals surface area (Å²) < 4.78 is 41.8. The fraction of sp³-hybridized carbons (Fsp3) is 0.387. The highest BCUT2D eigenvalue weighted by molar-refractivity contribution is 5.71.